The van der Waals surface area contributed by atoms with Crippen molar-refractivity contribution in [1.29, 1.82) is 0 Å². The maximum Gasteiger partial charge on any atom is 0.419 e. The van der Waals surface area contributed by atoms with E-state index in [0.29, 0.717) is 11.8 Å². The van der Waals surface area contributed by atoms with Crippen molar-refractivity contribution in [3.8, 4) is 5.75 Å². The van der Waals surface area contributed by atoms with Crippen LogP contribution in [-0.2, 0) is 19.8 Å². The number of carbonyl (C=O) groups is 1. The topological polar surface area (TPSA) is 77.2 Å². The summed E-state index contributed by atoms with van der Waals surface area (Å²) in [6.45, 7) is -0.205. The first-order valence-electron chi connectivity index (χ1n) is 5.70. The first-order valence-corrected chi connectivity index (χ1v) is 5.70. The summed E-state index contributed by atoms with van der Waals surface area (Å²) in [4.78, 5) is 10.7. The van der Waals surface area contributed by atoms with Crippen molar-refractivity contribution in [3.05, 3.63) is 41.2 Å². The number of nitrogens with zero attached hydrogens (tertiary/aromatic N) is 3. The predicted octanol–water partition coefficient (Wildman–Crippen LogP) is 2.11. The lowest BCUT2D eigenvalue weighted by atomic mass is 10.1. The molecule has 0 bridgehead atoms. The molecule has 6 nitrogen and oxygen atoms in total. The number of halogens is 3. The van der Waals surface area contributed by atoms with Crippen molar-refractivity contribution >= 4 is 5.97 Å². The van der Waals surface area contributed by atoms with Gasteiger partial charge in [0.25, 0.3) is 0 Å². The molecule has 0 amide bonds. The lowest BCUT2D eigenvalue weighted by Gasteiger charge is -2.13. The van der Waals surface area contributed by atoms with E-state index in [2.05, 4.69) is 10.3 Å². The fourth-order valence-corrected chi connectivity index (χ4v) is 1.62. The van der Waals surface area contributed by atoms with Crippen molar-refractivity contribution in [2.45, 2.75) is 12.8 Å². The molecule has 112 valence electrons. The molecule has 2 rings (SSSR count). The highest BCUT2D eigenvalue weighted by Crippen LogP contribution is 2.37. The van der Waals surface area contributed by atoms with E-state index in [4.69, 9.17) is 9.84 Å². The second-order valence-corrected chi connectivity index (χ2v) is 4.19. The molecule has 2 aromatic rings. The third-order valence-corrected chi connectivity index (χ3v) is 2.56. The van der Waals surface area contributed by atoms with Gasteiger partial charge >= 0.3 is 12.1 Å². The van der Waals surface area contributed by atoms with Gasteiger partial charge in [0.05, 0.1) is 17.3 Å². The standard InChI is InChI=1S/C12H10F3N3O3/c1-18-5-8(16-17-18)6-21-10-3-2-7(11(19)20)4-9(10)12(13,14)15/h2-5H,6H2,1H3,(H,19,20). The van der Waals surface area contributed by atoms with Gasteiger partial charge in [-0.05, 0) is 18.2 Å². The van der Waals surface area contributed by atoms with Gasteiger partial charge < -0.3 is 9.84 Å². The molecule has 0 saturated heterocycles. The molecular weight excluding hydrogens is 291 g/mol. The molecule has 1 heterocycles. The molecule has 1 N–H and O–H groups in total. The number of rotatable bonds is 4. The predicted molar refractivity (Wildman–Crippen MR) is 63.7 cm³/mol. The van der Waals surface area contributed by atoms with E-state index >= 15 is 0 Å². The van der Waals surface area contributed by atoms with Gasteiger partial charge in [-0.15, -0.1) is 5.10 Å². The molecule has 1 aromatic carbocycles. The Bertz CT molecular complexity index is 667. The van der Waals surface area contributed by atoms with Gasteiger partial charge in [0.2, 0.25) is 0 Å². The molecule has 0 radical (unpaired) electrons. The fourth-order valence-electron chi connectivity index (χ4n) is 1.62. The summed E-state index contributed by atoms with van der Waals surface area (Å²) < 4.78 is 45.2. The zero-order valence-electron chi connectivity index (χ0n) is 10.8. The minimum atomic E-state index is -4.72. The van der Waals surface area contributed by atoms with Crippen LogP contribution in [0.3, 0.4) is 0 Å². The number of aromatic nitrogens is 3. The Morgan fingerprint density at radius 2 is 2.14 bits per heavy atom. The van der Waals surface area contributed by atoms with Gasteiger partial charge in [-0.3, -0.25) is 4.68 Å². The van der Waals surface area contributed by atoms with Crippen LogP contribution in [0.2, 0.25) is 0 Å². The van der Waals surface area contributed by atoms with Gasteiger partial charge in [0, 0.05) is 7.05 Å². The number of carboxylic acids is 1. The van der Waals surface area contributed by atoms with Crippen molar-refractivity contribution in [2.24, 2.45) is 7.05 Å². The van der Waals surface area contributed by atoms with E-state index in [1.165, 1.54) is 10.9 Å². The molecule has 0 atom stereocenters. The monoisotopic (exact) mass is 301 g/mol. The Kier molecular flexibility index (Phi) is 3.83. The maximum atomic E-state index is 12.9. The van der Waals surface area contributed by atoms with E-state index in [1.54, 1.807) is 7.05 Å². The molecular formula is C12H10F3N3O3. The molecule has 0 aliphatic carbocycles. The van der Waals surface area contributed by atoms with Crippen molar-refractivity contribution in [3.63, 3.8) is 0 Å². The average molecular weight is 301 g/mol. The van der Waals surface area contributed by atoms with Crippen molar-refractivity contribution in [1.82, 2.24) is 15.0 Å². The van der Waals surface area contributed by atoms with E-state index in [0.717, 1.165) is 12.1 Å². The van der Waals surface area contributed by atoms with Crippen LogP contribution in [0.4, 0.5) is 13.2 Å². The van der Waals surface area contributed by atoms with Crippen LogP contribution in [0.25, 0.3) is 0 Å². The van der Waals surface area contributed by atoms with Crippen molar-refractivity contribution < 1.29 is 27.8 Å². The molecule has 0 spiro atoms. The molecule has 0 unspecified atom stereocenters. The minimum Gasteiger partial charge on any atom is -0.487 e. The summed E-state index contributed by atoms with van der Waals surface area (Å²) in [6, 6.07) is 2.56. The third-order valence-electron chi connectivity index (χ3n) is 2.56. The number of ether oxygens (including phenoxy) is 1. The van der Waals surface area contributed by atoms with Crippen molar-refractivity contribution in [2.75, 3.05) is 0 Å². The van der Waals surface area contributed by atoms with E-state index in [9.17, 15) is 18.0 Å². The second-order valence-electron chi connectivity index (χ2n) is 4.19. The van der Waals surface area contributed by atoms with Crippen LogP contribution < -0.4 is 4.74 Å². The Labute approximate surface area is 116 Å². The van der Waals surface area contributed by atoms with Gasteiger partial charge in [-0.25, -0.2) is 4.79 Å². The van der Waals surface area contributed by atoms with Crippen LogP contribution in [-0.4, -0.2) is 26.1 Å². The van der Waals surface area contributed by atoms with Gasteiger partial charge in [0.1, 0.15) is 18.1 Å². The fraction of sp³-hybridized carbons (Fsp3) is 0.250. The SMILES string of the molecule is Cn1cc(COc2ccc(C(=O)O)cc2C(F)(F)F)nn1. The van der Waals surface area contributed by atoms with E-state index in [1.807, 2.05) is 0 Å². The first kappa shape index (κ1) is 14.8. The summed E-state index contributed by atoms with van der Waals surface area (Å²) in [5.74, 6) is -1.90. The molecule has 1 aromatic heterocycles. The first-order chi connectivity index (χ1) is 9.77. The Morgan fingerprint density at radius 3 is 2.67 bits per heavy atom. The number of hydrogen-bond donors (Lipinski definition) is 1. The minimum absolute atomic E-state index is 0.205. The highest BCUT2D eigenvalue weighted by molar-refractivity contribution is 5.88. The molecule has 0 aliphatic heterocycles. The van der Waals surface area contributed by atoms with Crippen LogP contribution in [0.1, 0.15) is 21.6 Å². The Hall–Kier alpha value is -2.58. The number of benzene rings is 1. The third kappa shape index (κ3) is 3.50. The summed E-state index contributed by atoms with van der Waals surface area (Å²) in [5, 5.41) is 16.1. The summed E-state index contributed by atoms with van der Waals surface area (Å²) in [7, 11) is 1.61. The number of alkyl halides is 3. The van der Waals surface area contributed by atoms with Gasteiger partial charge in [-0.1, -0.05) is 5.21 Å². The number of aromatic carboxylic acids is 1. The molecule has 9 heteroatoms. The number of carboxylic acid groups (broad SMARTS) is 1. The van der Waals surface area contributed by atoms with Crippen LogP contribution in [0, 0.1) is 0 Å². The lowest BCUT2D eigenvalue weighted by Crippen LogP contribution is -2.11. The van der Waals surface area contributed by atoms with Crippen LogP contribution in [0.15, 0.2) is 24.4 Å². The molecule has 21 heavy (non-hydrogen) atoms. The van der Waals surface area contributed by atoms with Crippen LogP contribution in [0.5, 0.6) is 5.75 Å². The number of hydrogen-bond acceptors (Lipinski definition) is 4. The van der Waals surface area contributed by atoms with E-state index in [-0.39, 0.29) is 6.61 Å². The molecule has 0 saturated carbocycles. The molecule has 0 fully saturated rings. The normalized spacial score (nSPS) is 11.4. The lowest BCUT2D eigenvalue weighted by molar-refractivity contribution is -0.139. The van der Waals surface area contributed by atoms with E-state index < -0.39 is 29.0 Å². The highest BCUT2D eigenvalue weighted by Gasteiger charge is 2.35. The van der Waals surface area contributed by atoms with Crippen LogP contribution >= 0.6 is 0 Å². The summed E-state index contributed by atoms with van der Waals surface area (Å²) in [5.41, 5.74) is -1.26. The quantitative estimate of drug-likeness (QED) is 0.936. The Balaban J connectivity index is 2.27. The summed E-state index contributed by atoms with van der Waals surface area (Å²) in [6.07, 6.45) is -3.22. The zero-order chi connectivity index (χ0) is 15.6. The maximum absolute atomic E-state index is 12.9. The number of aryl methyl sites for hydroxylation is 1. The Morgan fingerprint density at radius 1 is 1.43 bits per heavy atom. The molecule has 0 aliphatic rings. The zero-order valence-corrected chi connectivity index (χ0v) is 10.8. The van der Waals surface area contributed by atoms with Gasteiger partial charge in [-0.2, -0.15) is 13.2 Å². The summed E-state index contributed by atoms with van der Waals surface area (Å²) >= 11 is 0. The average Bonchev–Trinajstić information content (AvgIpc) is 2.81. The highest BCUT2D eigenvalue weighted by atomic mass is 19.4. The van der Waals surface area contributed by atoms with Gasteiger partial charge in [0.15, 0.2) is 0 Å². The largest absolute Gasteiger partial charge is 0.487 e. The smallest absolute Gasteiger partial charge is 0.419 e. The second kappa shape index (κ2) is 5.43.